The molecule has 2 aromatic heterocycles. The van der Waals surface area contributed by atoms with E-state index < -0.39 is 0 Å². The van der Waals surface area contributed by atoms with E-state index >= 15 is 0 Å². The Balaban J connectivity index is 1.90. The molecule has 4 aromatic rings. The highest BCUT2D eigenvalue weighted by molar-refractivity contribution is 6.29. The molecule has 96 valence electrons. The summed E-state index contributed by atoms with van der Waals surface area (Å²) in [5, 5.41) is 1.56. The molecule has 0 unspecified atom stereocenters. The minimum atomic E-state index is 0.508. The largest absolute Gasteiger partial charge is 0.338 e. The number of H-pyrrole nitrogens is 1. The third-order valence-corrected chi connectivity index (χ3v) is 3.53. The standard InChI is InChI=1S/C16H10ClN3/c17-15-8-6-10-9-11(5-7-12(10)18-15)16-19-13-3-1-2-4-14(13)20-16/h1-9H,(H,19,20). The maximum Gasteiger partial charge on any atom is 0.138 e. The van der Waals surface area contributed by atoms with Crippen LogP contribution in [-0.4, -0.2) is 15.0 Å². The summed E-state index contributed by atoms with van der Waals surface area (Å²) in [5.74, 6) is 0.864. The molecule has 0 aliphatic carbocycles. The predicted molar refractivity (Wildman–Crippen MR) is 81.8 cm³/mol. The van der Waals surface area contributed by atoms with E-state index in [1.165, 1.54) is 0 Å². The van der Waals surface area contributed by atoms with Crippen molar-refractivity contribution in [1.29, 1.82) is 0 Å². The fraction of sp³-hybridized carbons (Fsp3) is 0. The fourth-order valence-corrected chi connectivity index (χ4v) is 2.49. The molecule has 0 fully saturated rings. The minimum absolute atomic E-state index is 0.508. The van der Waals surface area contributed by atoms with E-state index in [1.807, 2.05) is 42.5 Å². The van der Waals surface area contributed by atoms with Crippen LogP contribution in [-0.2, 0) is 0 Å². The summed E-state index contributed by atoms with van der Waals surface area (Å²) in [4.78, 5) is 12.2. The van der Waals surface area contributed by atoms with Crippen LogP contribution in [0.3, 0.4) is 0 Å². The molecule has 0 spiro atoms. The molecule has 0 radical (unpaired) electrons. The number of nitrogens with one attached hydrogen (secondary N) is 1. The van der Waals surface area contributed by atoms with Gasteiger partial charge in [0, 0.05) is 10.9 Å². The van der Waals surface area contributed by atoms with Gasteiger partial charge in [0.05, 0.1) is 16.6 Å². The lowest BCUT2D eigenvalue weighted by Gasteiger charge is -2.01. The molecular formula is C16H10ClN3. The molecule has 0 aliphatic heterocycles. The number of pyridine rings is 1. The first-order chi connectivity index (χ1) is 9.79. The summed E-state index contributed by atoms with van der Waals surface area (Å²) >= 11 is 5.90. The van der Waals surface area contributed by atoms with Gasteiger partial charge < -0.3 is 4.98 Å². The average molecular weight is 280 g/mol. The Bertz CT molecular complexity index is 894. The van der Waals surface area contributed by atoms with Crippen LogP contribution >= 0.6 is 11.6 Å². The van der Waals surface area contributed by atoms with Gasteiger partial charge in [-0.25, -0.2) is 9.97 Å². The molecule has 0 saturated carbocycles. The van der Waals surface area contributed by atoms with Gasteiger partial charge in [0.25, 0.3) is 0 Å². The second kappa shape index (κ2) is 4.32. The van der Waals surface area contributed by atoms with E-state index in [4.69, 9.17) is 11.6 Å². The number of fused-ring (bicyclic) bond motifs is 2. The number of para-hydroxylation sites is 2. The number of halogens is 1. The zero-order valence-electron chi connectivity index (χ0n) is 10.5. The zero-order chi connectivity index (χ0) is 13.5. The van der Waals surface area contributed by atoms with Gasteiger partial charge in [0.2, 0.25) is 0 Å². The number of hydrogen-bond acceptors (Lipinski definition) is 2. The van der Waals surface area contributed by atoms with E-state index in [9.17, 15) is 0 Å². The number of rotatable bonds is 1. The number of imidazole rings is 1. The van der Waals surface area contributed by atoms with Crippen molar-refractivity contribution in [3.8, 4) is 11.4 Å². The van der Waals surface area contributed by atoms with Gasteiger partial charge in [0.15, 0.2) is 0 Å². The second-order valence-corrected chi connectivity index (χ2v) is 5.03. The van der Waals surface area contributed by atoms with Gasteiger partial charge in [0.1, 0.15) is 11.0 Å². The van der Waals surface area contributed by atoms with Crippen LogP contribution in [0.15, 0.2) is 54.6 Å². The molecule has 1 N–H and O–H groups in total. The highest BCUT2D eigenvalue weighted by Crippen LogP contribution is 2.24. The van der Waals surface area contributed by atoms with Crippen molar-refractivity contribution < 1.29 is 0 Å². The molecule has 2 heterocycles. The van der Waals surface area contributed by atoms with Crippen molar-refractivity contribution in [2.24, 2.45) is 0 Å². The lowest BCUT2D eigenvalue weighted by Crippen LogP contribution is -1.83. The van der Waals surface area contributed by atoms with Crippen LogP contribution in [0, 0.1) is 0 Å². The normalized spacial score (nSPS) is 11.2. The van der Waals surface area contributed by atoms with Crippen molar-refractivity contribution in [2.45, 2.75) is 0 Å². The van der Waals surface area contributed by atoms with E-state index in [-0.39, 0.29) is 0 Å². The Morgan fingerprint density at radius 2 is 1.75 bits per heavy atom. The highest BCUT2D eigenvalue weighted by Gasteiger charge is 2.06. The average Bonchev–Trinajstić information content (AvgIpc) is 2.90. The van der Waals surface area contributed by atoms with Crippen molar-refractivity contribution >= 4 is 33.5 Å². The smallest absolute Gasteiger partial charge is 0.138 e. The predicted octanol–water partition coefficient (Wildman–Crippen LogP) is 4.43. The summed E-state index contributed by atoms with van der Waals surface area (Å²) in [6.07, 6.45) is 0. The van der Waals surface area contributed by atoms with Crippen LogP contribution in [0.1, 0.15) is 0 Å². The quantitative estimate of drug-likeness (QED) is 0.524. The molecule has 20 heavy (non-hydrogen) atoms. The van der Waals surface area contributed by atoms with Gasteiger partial charge in [-0.1, -0.05) is 23.7 Å². The molecule has 4 heteroatoms. The first kappa shape index (κ1) is 11.4. The fourth-order valence-electron chi connectivity index (χ4n) is 2.34. The Hall–Kier alpha value is -2.39. The lowest BCUT2D eigenvalue weighted by molar-refractivity contribution is 1.33. The molecule has 0 atom stereocenters. The molecule has 0 amide bonds. The molecule has 0 bridgehead atoms. The Labute approximate surface area is 120 Å². The topological polar surface area (TPSA) is 41.6 Å². The summed E-state index contributed by atoms with van der Waals surface area (Å²) in [7, 11) is 0. The number of nitrogens with zero attached hydrogens (tertiary/aromatic N) is 2. The molecular weight excluding hydrogens is 270 g/mol. The molecule has 4 rings (SSSR count). The highest BCUT2D eigenvalue weighted by atomic mass is 35.5. The van der Waals surface area contributed by atoms with Crippen molar-refractivity contribution in [3.05, 3.63) is 59.8 Å². The van der Waals surface area contributed by atoms with Crippen LogP contribution in [0.25, 0.3) is 33.3 Å². The lowest BCUT2D eigenvalue weighted by atomic mass is 10.1. The van der Waals surface area contributed by atoms with Crippen LogP contribution < -0.4 is 0 Å². The van der Waals surface area contributed by atoms with Gasteiger partial charge in [-0.3, -0.25) is 0 Å². The van der Waals surface area contributed by atoms with E-state index in [2.05, 4.69) is 21.0 Å². The van der Waals surface area contributed by atoms with E-state index in [1.54, 1.807) is 6.07 Å². The number of aromatic nitrogens is 3. The number of aromatic amines is 1. The first-order valence-corrected chi connectivity index (χ1v) is 6.69. The third-order valence-electron chi connectivity index (χ3n) is 3.32. The molecule has 0 aliphatic rings. The maximum absolute atomic E-state index is 5.90. The zero-order valence-corrected chi connectivity index (χ0v) is 11.2. The Kier molecular flexibility index (Phi) is 2.47. The van der Waals surface area contributed by atoms with Crippen molar-refractivity contribution in [1.82, 2.24) is 15.0 Å². The Morgan fingerprint density at radius 1 is 0.850 bits per heavy atom. The van der Waals surface area contributed by atoms with Crippen LogP contribution in [0.4, 0.5) is 0 Å². The summed E-state index contributed by atoms with van der Waals surface area (Å²) in [6.45, 7) is 0. The van der Waals surface area contributed by atoms with Crippen LogP contribution in [0.5, 0.6) is 0 Å². The number of benzene rings is 2. The molecule has 0 saturated heterocycles. The second-order valence-electron chi connectivity index (χ2n) is 4.64. The monoisotopic (exact) mass is 279 g/mol. The summed E-state index contributed by atoms with van der Waals surface area (Å²) < 4.78 is 0. The maximum atomic E-state index is 5.90. The van der Waals surface area contributed by atoms with Gasteiger partial charge in [-0.05, 0) is 42.5 Å². The molecule has 2 aromatic carbocycles. The van der Waals surface area contributed by atoms with Crippen LogP contribution in [0.2, 0.25) is 5.15 Å². The Morgan fingerprint density at radius 3 is 2.65 bits per heavy atom. The van der Waals surface area contributed by atoms with E-state index in [0.717, 1.165) is 33.3 Å². The summed E-state index contributed by atoms with van der Waals surface area (Å²) in [6, 6.07) is 17.8. The van der Waals surface area contributed by atoms with Gasteiger partial charge in [-0.15, -0.1) is 0 Å². The number of hydrogen-bond donors (Lipinski definition) is 1. The first-order valence-electron chi connectivity index (χ1n) is 6.31. The summed E-state index contributed by atoms with van der Waals surface area (Å²) in [5.41, 5.74) is 3.93. The van der Waals surface area contributed by atoms with E-state index in [0.29, 0.717) is 5.15 Å². The SMILES string of the molecule is Clc1ccc2cc(-c3nc4ccccc4[nH]3)ccc2n1. The third kappa shape index (κ3) is 1.84. The van der Waals surface area contributed by atoms with Crippen molar-refractivity contribution in [3.63, 3.8) is 0 Å². The molecule has 3 nitrogen and oxygen atoms in total. The van der Waals surface area contributed by atoms with Gasteiger partial charge >= 0.3 is 0 Å². The van der Waals surface area contributed by atoms with Crippen molar-refractivity contribution in [2.75, 3.05) is 0 Å². The van der Waals surface area contributed by atoms with Gasteiger partial charge in [-0.2, -0.15) is 0 Å². The minimum Gasteiger partial charge on any atom is -0.338 e.